The van der Waals surface area contributed by atoms with Crippen molar-refractivity contribution in [2.45, 2.75) is 6.92 Å². The molecule has 0 unspecified atom stereocenters. The number of carbonyl (C=O) groups excluding carboxylic acids is 1. The van der Waals surface area contributed by atoms with Crippen molar-refractivity contribution in [1.82, 2.24) is 9.36 Å². The van der Waals surface area contributed by atoms with Crippen LogP contribution >= 0.6 is 11.6 Å². The molecule has 0 bridgehead atoms. The molecule has 132 valence electrons. The third kappa shape index (κ3) is 3.45. The number of aromatic nitrogens is 2. The van der Waals surface area contributed by atoms with Crippen LogP contribution in [0.2, 0.25) is 5.02 Å². The lowest BCUT2D eigenvalue weighted by molar-refractivity contribution is 0.0519. The van der Waals surface area contributed by atoms with Gasteiger partial charge in [0.1, 0.15) is 0 Å². The molecule has 1 heterocycles. The van der Waals surface area contributed by atoms with Gasteiger partial charge in [-0.15, -0.1) is 0 Å². The minimum Gasteiger partial charge on any atom is -0.313 e. The minimum absolute atomic E-state index is 0.248. The van der Waals surface area contributed by atoms with Crippen molar-refractivity contribution in [2.24, 2.45) is 12.2 Å². The summed E-state index contributed by atoms with van der Waals surface area (Å²) in [7, 11) is 1.78. The fourth-order valence-electron chi connectivity index (χ4n) is 2.50. The largest absolute Gasteiger partial charge is 0.365 e. The normalized spacial score (nSPS) is 11.0. The van der Waals surface area contributed by atoms with Gasteiger partial charge in [-0.05, 0) is 43.3 Å². The number of benzene rings is 2. The molecule has 0 aliphatic carbocycles. The summed E-state index contributed by atoms with van der Waals surface area (Å²) < 4.78 is 3.25. The van der Waals surface area contributed by atoms with Gasteiger partial charge in [-0.1, -0.05) is 35.0 Å². The summed E-state index contributed by atoms with van der Waals surface area (Å²) in [6, 6.07) is 15.5. The first-order chi connectivity index (χ1) is 12.5. The zero-order chi connectivity index (χ0) is 18.7. The van der Waals surface area contributed by atoms with Gasteiger partial charge >= 0.3 is 5.97 Å². The summed E-state index contributed by atoms with van der Waals surface area (Å²) in [6.45, 7) is 1.79. The molecular weight excluding hydrogens is 354 g/mol. The zero-order valence-electron chi connectivity index (χ0n) is 14.2. The van der Waals surface area contributed by atoms with Crippen LogP contribution in [0.25, 0.3) is 5.69 Å². The Morgan fingerprint density at radius 1 is 1.12 bits per heavy atom. The first-order valence-electron chi connectivity index (χ1n) is 7.83. The lowest BCUT2D eigenvalue weighted by atomic mass is 10.2. The van der Waals surface area contributed by atoms with Gasteiger partial charge in [0.25, 0.3) is 5.56 Å². The van der Waals surface area contributed by atoms with Crippen LogP contribution < -0.4 is 5.56 Å². The highest BCUT2D eigenvalue weighted by Gasteiger charge is 2.15. The Morgan fingerprint density at radius 3 is 2.42 bits per heavy atom. The number of halogens is 1. The number of hydrogen-bond acceptors (Lipinski definition) is 4. The van der Waals surface area contributed by atoms with E-state index in [0.717, 1.165) is 5.69 Å². The molecule has 0 saturated heterocycles. The van der Waals surface area contributed by atoms with Gasteiger partial charge < -0.3 is 4.84 Å². The maximum absolute atomic E-state index is 12.7. The summed E-state index contributed by atoms with van der Waals surface area (Å²) in [5.41, 5.74) is 1.85. The summed E-state index contributed by atoms with van der Waals surface area (Å²) in [5.74, 6) is -0.630. The molecule has 0 aliphatic heterocycles. The maximum Gasteiger partial charge on any atom is 0.365 e. The molecule has 7 heteroatoms. The molecule has 1 aromatic heterocycles. The van der Waals surface area contributed by atoms with Crippen LogP contribution in [0.15, 0.2) is 64.5 Å². The van der Waals surface area contributed by atoms with Crippen LogP contribution in [-0.2, 0) is 11.9 Å². The third-order valence-corrected chi connectivity index (χ3v) is 4.25. The second-order valence-corrected chi connectivity index (χ2v) is 6.03. The molecule has 26 heavy (non-hydrogen) atoms. The molecule has 2 aromatic carbocycles. The number of para-hydroxylation sites is 1. The Kier molecular flexibility index (Phi) is 5.04. The lowest BCUT2D eigenvalue weighted by Gasteiger charge is -2.07. The standard InChI is InChI=1S/C19H16ClN3O3/c1-13-17(12-21-26-19(25)14-8-10-15(20)11-9-14)18(24)23(22(13)2)16-6-4-3-5-7-16/h3-12H,1-2H3/b21-12-. The number of hydrogen-bond donors (Lipinski definition) is 0. The Bertz CT molecular complexity index is 1020. The summed E-state index contributed by atoms with van der Waals surface area (Å²) >= 11 is 5.78. The number of oxime groups is 1. The number of carbonyl (C=O) groups is 1. The van der Waals surface area contributed by atoms with E-state index in [1.165, 1.54) is 23.0 Å². The van der Waals surface area contributed by atoms with E-state index < -0.39 is 5.97 Å². The van der Waals surface area contributed by atoms with Crippen molar-refractivity contribution in [1.29, 1.82) is 0 Å². The fourth-order valence-corrected chi connectivity index (χ4v) is 2.63. The van der Waals surface area contributed by atoms with Crippen LogP contribution in [0.1, 0.15) is 21.6 Å². The van der Waals surface area contributed by atoms with Gasteiger partial charge in [0, 0.05) is 17.8 Å². The minimum atomic E-state index is -0.630. The Balaban J connectivity index is 1.84. The topological polar surface area (TPSA) is 65.6 Å². The van der Waals surface area contributed by atoms with E-state index >= 15 is 0 Å². The van der Waals surface area contributed by atoms with Crippen molar-refractivity contribution >= 4 is 23.8 Å². The first-order valence-corrected chi connectivity index (χ1v) is 8.21. The van der Waals surface area contributed by atoms with Crippen molar-refractivity contribution in [2.75, 3.05) is 0 Å². The van der Waals surface area contributed by atoms with E-state index in [0.29, 0.717) is 21.8 Å². The first kappa shape index (κ1) is 17.7. The van der Waals surface area contributed by atoms with E-state index in [1.807, 2.05) is 30.3 Å². The Morgan fingerprint density at radius 2 is 1.77 bits per heavy atom. The van der Waals surface area contributed by atoms with E-state index in [4.69, 9.17) is 16.4 Å². The molecule has 0 fully saturated rings. The van der Waals surface area contributed by atoms with E-state index in [9.17, 15) is 9.59 Å². The zero-order valence-corrected chi connectivity index (χ0v) is 15.0. The molecule has 6 nitrogen and oxygen atoms in total. The van der Waals surface area contributed by atoms with Crippen LogP contribution in [0, 0.1) is 6.92 Å². The molecule has 0 saturated carbocycles. The number of rotatable bonds is 4. The van der Waals surface area contributed by atoms with Gasteiger partial charge in [0.05, 0.1) is 23.0 Å². The predicted octanol–water partition coefficient (Wildman–Crippen LogP) is 3.33. The Hall–Kier alpha value is -3.12. The average Bonchev–Trinajstić information content (AvgIpc) is 2.86. The van der Waals surface area contributed by atoms with Gasteiger partial charge in [0.15, 0.2) is 0 Å². The Labute approximate surface area is 154 Å². The summed E-state index contributed by atoms with van der Waals surface area (Å²) in [5, 5.41) is 4.20. The van der Waals surface area contributed by atoms with Crippen molar-refractivity contribution in [3.8, 4) is 5.69 Å². The lowest BCUT2D eigenvalue weighted by Crippen LogP contribution is -2.20. The molecule has 3 rings (SSSR count). The highest BCUT2D eigenvalue weighted by atomic mass is 35.5. The van der Waals surface area contributed by atoms with Crippen LogP contribution in [0.3, 0.4) is 0 Å². The van der Waals surface area contributed by atoms with Crippen molar-refractivity contribution in [3.63, 3.8) is 0 Å². The van der Waals surface area contributed by atoms with Crippen LogP contribution in [-0.4, -0.2) is 21.5 Å². The quantitative estimate of drug-likeness (QED) is 0.402. The second-order valence-electron chi connectivity index (χ2n) is 5.60. The van der Waals surface area contributed by atoms with Crippen molar-refractivity contribution in [3.05, 3.63) is 86.8 Å². The summed E-state index contributed by atoms with van der Waals surface area (Å²) in [6.07, 6.45) is 1.25. The predicted molar refractivity (Wildman–Crippen MR) is 100 cm³/mol. The smallest absolute Gasteiger partial charge is 0.313 e. The molecule has 0 aliphatic rings. The van der Waals surface area contributed by atoms with Gasteiger partial charge in [-0.3, -0.25) is 9.48 Å². The SMILES string of the molecule is Cc1c(/C=N\OC(=O)c2ccc(Cl)cc2)c(=O)n(-c2ccccc2)n1C. The molecule has 0 amide bonds. The fraction of sp³-hybridized carbons (Fsp3) is 0.105. The van der Waals surface area contributed by atoms with E-state index in [-0.39, 0.29) is 5.56 Å². The van der Waals surface area contributed by atoms with Gasteiger partial charge in [-0.25, -0.2) is 9.48 Å². The molecular formula is C19H16ClN3O3. The molecule has 0 radical (unpaired) electrons. The highest BCUT2D eigenvalue weighted by molar-refractivity contribution is 6.30. The van der Waals surface area contributed by atoms with Crippen molar-refractivity contribution < 1.29 is 9.63 Å². The number of nitrogens with zero attached hydrogens (tertiary/aromatic N) is 3. The average molecular weight is 370 g/mol. The maximum atomic E-state index is 12.7. The van der Waals surface area contributed by atoms with Crippen LogP contribution in [0.4, 0.5) is 0 Å². The monoisotopic (exact) mass is 369 g/mol. The second kappa shape index (κ2) is 7.41. The van der Waals surface area contributed by atoms with Crippen LogP contribution in [0.5, 0.6) is 0 Å². The highest BCUT2D eigenvalue weighted by Crippen LogP contribution is 2.11. The summed E-state index contributed by atoms with van der Waals surface area (Å²) in [4.78, 5) is 29.5. The van der Waals surface area contributed by atoms with Gasteiger partial charge in [-0.2, -0.15) is 0 Å². The molecule has 0 N–H and O–H groups in total. The van der Waals surface area contributed by atoms with E-state index in [1.54, 1.807) is 30.8 Å². The molecule has 3 aromatic rings. The molecule has 0 spiro atoms. The molecule has 0 atom stereocenters. The van der Waals surface area contributed by atoms with Gasteiger partial charge in [0.2, 0.25) is 0 Å². The van der Waals surface area contributed by atoms with E-state index in [2.05, 4.69) is 5.16 Å². The third-order valence-electron chi connectivity index (χ3n) is 4.00.